The summed E-state index contributed by atoms with van der Waals surface area (Å²) >= 11 is 6.71. The Balaban J connectivity index is 1.64. The summed E-state index contributed by atoms with van der Waals surface area (Å²) in [5, 5.41) is 7.20. The van der Waals surface area contributed by atoms with Crippen LogP contribution in [0.2, 0.25) is 0 Å². The first-order valence-corrected chi connectivity index (χ1v) is 11.4. The molecule has 0 bridgehead atoms. The molecule has 0 saturated carbocycles. The van der Waals surface area contributed by atoms with Crippen LogP contribution in [0.5, 0.6) is 0 Å². The maximum Gasteiger partial charge on any atom is 0.266 e. The highest BCUT2D eigenvalue weighted by Crippen LogP contribution is 2.35. The van der Waals surface area contributed by atoms with Gasteiger partial charge in [0, 0.05) is 23.9 Å². The van der Waals surface area contributed by atoms with E-state index in [2.05, 4.69) is 36.9 Å². The minimum Gasteiger partial charge on any atom is -0.289 e. The molecule has 0 spiro atoms. The topological polar surface area (TPSA) is 38.1 Å². The SMILES string of the molecule is C=CCN1C(=O)/C(=C/c2cn(-c3ccccc3)nc2-c2ccc3ccccc3c2)SC1=S. The molecule has 4 nitrogen and oxygen atoms in total. The Hall–Kier alpha value is -3.48. The van der Waals surface area contributed by atoms with Crippen molar-refractivity contribution in [1.29, 1.82) is 0 Å². The van der Waals surface area contributed by atoms with Crippen LogP contribution >= 0.6 is 24.0 Å². The van der Waals surface area contributed by atoms with Gasteiger partial charge in [-0.2, -0.15) is 5.10 Å². The van der Waals surface area contributed by atoms with E-state index in [0.29, 0.717) is 15.8 Å². The van der Waals surface area contributed by atoms with Gasteiger partial charge in [-0.15, -0.1) is 6.58 Å². The Labute approximate surface area is 195 Å². The standard InChI is InChI=1S/C26H19N3OS2/c1-2-14-28-25(30)23(32-26(28)31)16-21-17-29(22-10-4-3-5-11-22)27-24(21)20-13-12-18-8-6-7-9-19(18)15-20/h2-13,15-17H,1,14H2/b23-16-. The number of amides is 1. The van der Waals surface area contributed by atoms with Crippen LogP contribution in [0.1, 0.15) is 5.56 Å². The van der Waals surface area contributed by atoms with Gasteiger partial charge in [-0.25, -0.2) is 4.68 Å². The number of hydrogen-bond donors (Lipinski definition) is 0. The molecule has 0 aliphatic carbocycles. The van der Waals surface area contributed by atoms with Gasteiger partial charge in [-0.1, -0.05) is 84.7 Å². The molecule has 0 N–H and O–H groups in total. The van der Waals surface area contributed by atoms with Crippen LogP contribution in [-0.4, -0.2) is 31.5 Å². The van der Waals surface area contributed by atoms with Crippen molar-refractivity contribution in [3.63, 3.8) is 0 Å². The molecule has 6 heteroatoms. The van der Waals surface area contributed by atoms with Gasteiger partial charge in [-0.3, -0.25) is 9.69 Å². The lowest BCUT2D eigenvalue weighted by Crippen LogP contribution is -2.27. The van der Waals surface area contributed by atoms with Crippen LogP contribution in [0.15, 0.2) is 96.6 Å². The summed E-state index contributed by atoms with van der Waals surface area (Å²) in [4.78, 5) is 15.0. The van der Waals surface area contributed by atoms with Gasteiger partial charge in [0.1, 0.15) is 10.0 Å². The molecular formula is C26H19N3OS2. The molecule has 0 unspecified atom stereocenters. The minimum absolute atomic E-state index is 0.100. The smallest absolute Gasteiger partial charge is 0.266 e. The first-order valence-electron chi connectivity index (χ1n) is 10.1. The number of thioether (sulfide) groups is 1. The van der Waals surface area contributed by atoms with E-state index in [9.17, 15) is 4.79 Å². The second kappa shape index (κ2) is 8.57. The monoisotopic (exact) mass is 453 g/mol. The summed E-state index contributed by atoms with van der Waals surface area (Å²) < 4.78 is 2.39. The molecule has 5 rings (SSSR count). The molecule has 1 saturated heterocycles. The molecule has 1 fully saturated rings. The predicted octanol–water partition coefficient (Wildman–Crippen LogP) is 6.08. The van der Waals surface area contributed by atoms with E-state index in [1.807, 2.05) is 59.4 Å². The predicted molar refractivity (Wildman–Crippen MR) is 137 cm³/mol. The number of para-hydroxylation sites is 1. The van der Waals surface area contributed by atoms with Crippen LogP contribution in [0.3, 0.4) is 0 Å². The zero-order chi connectivity index (χ0) is 22.1. The highest BCUT2D eigenvalue weighted by molar-refractivity contribution is 8.26. The largest absolute Gasteiger partial charge is 0.289 e. The zero-order valence-electron chi connectivity index (χ0n) is 17.1. The van der Waals surface area contributed by atoms with Gasteiger partial charge in [0.05, 0.1) is 10.6 Å². The van der Waals surface area contributed by atoms with Crippen molar-refractivity contribution in [2.45, 2.75) is 0 Å². The molecular weight excluding hydrogens is 434 g/mol. The molecule has 1 amide bonds. The van der Waals surface area contributed by atoms with E-state index < -0.39 is 0 Å². The van der Waals surface area contributed by atoms with Crippen LogP contribution in [-0.2, 0) is 4.79 Å². The fraction of sp³-hybridized carbons (Fsp3) is 0.0385. The Kier molecular flexibility index (Phi) is 5.47. The van der Waals surface area contributed by atoms with Gasteiger partial charge in [0.2, 0.25) is 0 Å². The first-order chi connectivity index (χ1) is 15.6. The lowest BCUT2D eigenvalue weighted by molar-refractivity contribution is -0.121. The number of hydrogen-bond acceptors (Lipinski definition) is 4. The molecule has 1 aromatic heterocycles. The van der Waals surface area contributed by atoms with E-state index in [-0.39, 0.29) is 5.91 Å². The van der Waals surface area contributed by atoms with Gasteiger partial charge in [0.25, 0.3) is 5.91 Å². The molecule has 1 aliphatic heterocycles. The first kappa shape index (κ1) is 20.4. The van der Waals surface area contributed by atoms with Crippen molar-refractivity contribution in [1.82, 2.24) is 14.7 Å². The number of fused-ring (bicyclic) bond motifs is 1. The van der Waals surface area contributed by atoms with E-state index in [0.717, 1.165) is 27.9 Å². The van der Waals surface area contributed by atoms with Crippen molar-refractivity contribution in [3.8, 4) is 16.9 Å². The molecule has 3 aromatic carbocycles. The van der Waals surface area contributed by atoms with Crippen LogP contribution < -0.4 is 0 Å². The van der Waals surface area contributed by atoms with E-state index in [1.165, 1.54) is 17.1 Å². The van der Waals surface area contributed by atoms with E-state index >= 15 is 0 Å². The number of aromatic nitrogens is 2. The molecule has 32 heavy (non-hydrogen) atoms. The van der Waals surface area contributed by atoms with E-state index in [4.69, 9.17) is 17.3 Å². The third-order valence-corrected chi connectivity index (χ3v) is 6.64. The quantitative estimate of drug-likeness (QED) is 0.209. The number of carbonyl (C=O) groups is 1. The summed E-state index contributed by atoms with van der Waals surface area (Å²) in [5.41, 5.74) is 3.62. The Morgan fingerprint density at radius 3 is 2.53 bits per heavy atom. The van der Waals surface area contributed by atoms with Crippen molar-refractivity contribution in [3.05, 3.63) is 102 Å². The normalized spacial score (nSPS) is 15.1. The highest BCUT2D eigenvalue weighted by atomic mass is 32.2. The second-order valence-corrected chi connectivity index (χ2v) is 9.03. The number of nitrogens with zero attached hydrogens (tertiary/aromatic N) is 3. The molecule has 156 valence electrons. The van der Waals surface area contributed by atoms with Crippen molar-refractivity contribution < 1.29 is 4.79 Å². The average Bonchev–Trinajstić information content (AvgIpc) is 3.36. The summed E-state index contributed by atoms with van der Waals surface area (Å²) in [6.07, 6.45) is 5.53. The summed E-state index contributed by atoms with van der Waals surface area (Å²) in [6, 6.07) is 24.5. The summed E-state index contributed by atoms with van der Waals surface area (Å²) in [5.74, 6) is -0.100. The molecule has 4 aromatic rings. The van der Waals surface area contributed by atoms with Gasteiger partial charge in [-0.05, 0) is 35.0 Å². The van der Waals surface area contributed by atoms with Gasteiger partial charge >= 0.3 is 0 Å². The summed E-state index contributed by atoms with van der Waals surface area (Å²) in [7, 11) is 0. The Morgan fingerprint density at radius 2 is 1.75 bits per heavy atom. The fourth-order valence-corrected chi connectivity index (χ4v) is 4.96. The lowest BCUT2D eigenvalue weighted by atomic mass is 10.0. The number of thiocarbonyl (C=S) groups is 1. The Morgan fingerprint density at radius 1 is 1.00 bits per heavy atom. The second-order valence-electron chi connectivity index (χ2n) is 7.36. The molecule has 1 aliphatic rings. The number of rotatable bonds is 5. The number of benzene rings is 3. The van der Waals surface area contributed by atoms with Crippen LogP contribution in [0.4, 0.5) is 0 Å². The van der Waals surface area contributed by atoms with Crippen molar-refractivity contribution in [2.75, 3.05) is 6.54 Å². The number of carbonyl (C=O) groups excluding carboxylic acids is 1. The third kappa shape index (κ3) is 3.79. The third-order valence-electron chi connectivity index (χ3n) is 5.26. The van der Waals surface area contributed by atoms with Gasteiger partial charge in [0.15, 0.2) is 0 Å². The van der Waals surface area contributed by atoms with E-state index in [1.54, 1.807) is 11.0 Å². The summed E-state index contributed by atoms with van der Waals surface area (Å²) in [6.45, 7) is 4.13. The zero-order valence-corrected chi connectivity index (χ0v) is 18.8. The van der Waals surface area contributed by atoms with Crippen LogP contribution in [0.25, 0.3) is 33.8 Å². The minimum atomic E-state index is -0.100. The molecule has 0 radical (unpaired) electrons. The average molecular weight is 454 g/mol. The maximum absolute atomic E-state index is 12.9. The van der Waals surface area contributed by atoms with Crippen molar-refractivity contribution in [2.24, 2.45) is 0 Å². The lowest BCUT2D eigenvalue weighted by Gasteiger charge is -2.10. The Bertz CT molecular complexity index is 1390. The highest BCUT2D eigenvalue weighted by Gasteiger charge is 2.31. The van der Waals surface area contributed by atoms with Crippen LogP contribution in [0, 0.1) is 0 Å². The molecule has 0 atom stereocenters. The van der Waals surface area contributed by atoms with Crippen molar-refractivity contribution >= 4 is 51.1 Å². The maximum atomic E-state index is 12.9. The van der Waals surface area contributed by atoms with Gasteiger partial charge < -0.3 is 0 Å². The fourth-order valence-electron chi connectivity index (χ4n) is 3.69. The molecule has 2 heterocycles.